The second-order valence-electron chi connectivity index (χ2n) is 6.38. The van der Waals surface area contributed by atoms with E-state index in [9.17, 15) is 4.79 Å². The van der Waals surface area contributed by atoms with Crippen LogP contribution in [0.5, 0.6) is 0 Å². The lowest BCUT2D eigenvalue weighted by Gasteiger charge is -2.38. The third kappa shape index (κ3) is 5.61. The minimum atomic E-state index is -1.82. The number of hydrogen-bond donors (Lipinski definition) is 3. The van der Waals surface area contributed by atoms with Crippen molar-refractivity contribution in [1.82, 2.24) is 15.2 Å². The van der Waals surface area contributed by atoms with Gasteiger partial charge in [-0.15, -0.1) is 11.3 Å². The molecule has 3 heterocycles. The quantitative estimate of drug-likeness (QED) is 0.666. The fourth-order valence-electron chi connectivity index (χ4n) is 3.16. The van der Waals surface area contributed by atoms with E-state index in [1.165, 1.54) is 10.4 Å². The summed E-state index contributed by atoms with van der Waals surface area (Å²) in [5.41, 5.74) is 2.10. The Hall–Kier alpha value is -2.78. The van der Waals surface area contributed by atoms with Crippen LogP contribution in [0.3, 0.4) is 0 Å². The van der Waals surface area contributed by atoms with E-state index in [-0.39, 0.29) is 5.91 Å². The first-order valence-corrected chi connectivity index (χ1v) is 9.65. The smallest absolute Gasteiger partial charge is 0.414 e. The fourth-order valence-corrected chi connectivity index (χ4v) is 4.18. The molecule has 2 aromatic rings. The number of carbonyl (C=O) groups is 3. The lowest BCUT2D eigenvalue weighted by atomic mass is 9.97. The zero-order valence-corrected chi connectivity index (χ0v) is 16.5. The van der Waals surface area contributed by atoms with Gasteiger partial charge in [-0.05, 0) is 49.4 Å². The maximum absolute atomic E-state index is 12.0. The van der Waals surface area contributed by atoms with Gasteiger partial charge in [0.15, 0.2) is 0 Å². The number of hydrogen-bond acceptors (Lipinski definition) is 6. The minimum absolute atomic E-state index is 0.0535. The third-order valence-corrected chi connectivity index (χ3v) is 5.63. The average molecular weight is 405 g/mol. The Morgan fingerprint density at radius 1 is 1.25 bits per heavy atom. The maximum Gasteiger partial charge on any atom is 0.414 e. The fraction of sp³-hybridized carbons (Fsp3) is 0.368. The number of amides is 1. The summed E-state index contributed by atoms with van der Waals surface area (Å²) in [7, 11) is 0. The van der Waals surface area contributed by atoms with Gasteiger partial charge in [0.1, 0.15) is 0 Å². The highest BCUT2D eigenvalue weighted by Crippen LogP contribution is 2.35. The second kappa shape index (κ2) is 9.95. The molecule has 150 valence electrons. The lowest BCUT2D eigenvalue weighted by molar-refractivity contribution is -0.159. The molecule has 8 nitrogen and oxygen atoms in total. The first kappa shape index (κ1) is 21.5. The van der Waals surface area contributed by atoms with Crippen molar-refractivity contribution in [3.8, 4) is 0 Å². The Bertz CT molecular complexity index is 812. The standard InChI is InChI=1S/C17H21N3OS.C2H2O4/c1-12-10-14-5-9-22-16(14)13(2)20(12)8-7-19-17(21)15-4-3-6-18-11-15;3-1(4)2(5)6/h3-6,9,11-13H,7-8,10H2,1-2H3,(H,19,21);(H,3,4)(H,5,6). The summed E-state index contributed by atoms with van der Waals surface area (Å²) in [6.07, 6.45) is 4.37. The van der Waals surface area contributed by atoms with E-state index in [4.69, 9.17) is 19.8 Å². The molecule has 0 fully saturated rings. The zero-order chi connectivity index (χ0) is 20.7. The third-order valence-electron chi connectivity index (χ3n) is 4.50. The van der Waals surface area contributed by atoms with Crippen molar-refractivity contribution >= 4 is 29.2 Å². The number of carboxylic acid groups (broad SMARTS) is 2. The average Bonchev–Trinajstić information content (AvgIpc) is 3.14. The zero-order valence-electron chi connectivity index (χ0n) is 15.7. The van der Waals surface area contributed by atoms with E-state index in [0.717, 1.165) is 13.0 Å². The monoisotopic (exact) mass is 405 g/mol. The van der Waals surface area contributed by atoms with E-state index in [0.29, 0.717) is 24.2 Å². The predicted molar refractivity (Wildman–Crippen MR) is 104 cm³/mol. The van der Waals surface area contributed by atoms with Gasteiger partial charge in [0.05, 0.1) is 5.56 Å². The molecule has 2 unspecified atom stereocenters. The molecule has 28 heavy (non-hydrogen) atoms. The molecule has 0 aromatic carbocycles. The van der Waals surface area contributed by atoms with Crippen molar-refractivity contribution in [2.45, 2.75) is 32.4 Å². The molecule has 1 aliphatic heterocycles. The highest BCUT2D eigenvalue weighted by molar-refractivity contribution is 7.10. The van der Waals surface area contributed by atoms with Gasteiger partial charge in [-0.3, -0.25) is 14.7 Å². The number of nitrogens with zero attached hydrogens (tertiary/aromatic N) is 2. The molecule has 0 saturated carbocycles. The number of fused-ring (bicyclic) bond motifs is 1. The first-order chi connectivity index (χ1) is 13.3. The number of carboxylic acids is 2. The van der Waals surface area contributed by atoms with Crippen molar-refractivity contribution in [1.29, 1.82) is 0 Å². The molecule has 1 amide bonds. The normalized spacial score (nSPS) is 18.4. The van der Waals surface area contributed by atoms with Crippen LogP contribution in [0, 0.1) is 0 Å². The van der Waals surface area contributed by atoms with Crippen LogP contribution in [0.2, 0.25) is 0 Å². The van der Waals surface area contributed by atoms with Gasteiger partial charge in [-0.1, -0.05) is 0 Å². The SMILES string of the molecule is CC1Cc2ccsc2C(C)N1CCNC(=O)c1cccnc1.O=C(O)C(=O)O. The number of pyridine rings is 1. The highest BCUT2D eigenvalue weighted by Gasteiger charge is 2.29. The number of thiophene rings is 1. The lowest BCUT2D eigenvalue weighted by Crippen LogP contribution is -2.44. The summed E-state index contributed by atoms with van der Waals surface area (Å²) in [6, 6.07) is 6.74. The molecule has 3 N–H and O–H groups in total. The first-order valence-electron chi connectivity index (χ1n) is 8.77. The Balaban J connectivity index is 0.000000409. The van der Waals surface area contributed by atoms with Crippen LogP contribution in [0.25, 0.3) is 0 Å². The van der Waals surface area contributed by atoms with Crippen LogP contribution in [0.4, 0.5) is 0 Å². The molecule has 2 aromatic heterocycles. The number of aliphatic carboxylic acids is 2. The summed E-state index contributed by atoms with van der Waals surface area (Å²) in [6.45, 7) is 6.04. The molecule has 0 radical (unpaired) electrons. The molecule has 9 heteroatoms. The van der Waals surface area contributed by atoms with Crippen LogP contribution in [0.1, 0.15) is 40.7 Å². The van der Waals surface area contributed by atoms with Gasteiger partial charge in [0.25, 0.3) is 5.91 Å². The summed E-state index contributed by atoms with van der Waals surface area (Å²) >= 11 is 1.84. The molecule has 0 spiro atoms. The van der Waals surface area contributed by atoms with Crippen LogP contribution in [0.15, 0.2) is 36.0 Å². The predicted octanol–water partition coefficient (Wildman–Crippen LogP) is 2.04. The molecule has 0 bridgehead atoms. The molecular weight excluding hydrogens is 382 g/mol. The maximum atomic E-state index is 12.0. The Kier molecular flexibility index (Phi) is 7.65. The molecule has 0 aliphatic carbocycles. The van der Waals surface area contributed by atoms with Crippen molar-refractivity contribution in [3.05, 3.63) is 52.0 Å². The van der Waals surface area contributed by atoms with Crippen molar-refractivity contribution in [3.63, 3.8) is 0 Å². The van der Waals surface area contributed by atoms with E-state index < -0.39 is 11.9 Å². The van der Waals surface area contributed by atoms with Crippen LogP contribution in [-0.4, -0.2) is 57.1 Å². The topological polar surface area (TPSA) is 120 Å². The van der Waals surface area contributed by atoms with Crippen LogP contribution in [-0.2, 0) is 16.0 Å². The molecule has 1 aliphatic rings. The number of nitrogens with one attached hydrogen (secondary N) is 1. The molecular formula is C19H23N3O5S. The van der Waals surface area contributed by atoms with Gasteiger partial charge < -0.3 is 15.5 Å². The summed E-state index contributed by atoms with van der Waals surface area (Å²) in [5, 5.41) is 20.0. The Labute approximate surface area is 166 Å². The second-order valence-corrected chi connectivity index (χ2v) is 7.33. The highest BCUT2D eigenvalue weighted by atomic mass is 32.1. The Morgan fingerprint density at radius 2 is 1.96 bits per heavy atom. The van der Waals surface area contributed by atoms with Crippen LogP contribution >= 0.6 is 11.3 Å². The number of aromatic nitrogens is 1. The van der Waals surface area contributed by atoms with E-state index >= 15 is 0 Å². The van der Waals surface area contributed by atoms with Crippen molar-refractivity contribution in [2.24, 2.45) is 0 Å². The van der Waals surface area contributed by atoms with Gasteiger partial charge in [0.2, 0.25) is 0 Å². The number of rotatable bonds is 4. The van der Waals surface area contributed by atoms with Crippen molar-refractivity contribution in [2.75, 3.05) is 13.1 Å². The Morgan fingerprint density at radius 3 is 2.57 bits per heavy atom. The largest absolute Gasteiger partial charge is 0.473 e. The van der Waals surface area contributed by atoms with Gasteiger partial charge >= 0.3 is 11.9 Å². The number of carbonyl (C=O) groups excluding carboxylic acids is 1. The van der Waals surface area contributed by atoms with Gasteiger partial charge in [0, 0.05) is 42.4 Å². The van der Waals surface area contributed by atoms with E-state index in [1.54, 1.807) is 24.5 Å². The summed E-state index contributed by atoms with van der Waals surface area (Å²) in [5.74, 6) is -3.70. The van der Waals surface area contributed by atoms with E-state index in [2.05, 4.69) is 40.5 Å². The summed E-state index contributed by atoms with van der Waals surface area (Å²) in [4.78, 5) is 38.2. The van der Waals surface area contributed by atoms with Crippen LogP contribution < -0.4 is 5.32 Å². The molecule has 0 saturated heterocycles. The molecule has 2 atom stereocenters. The molecule has 3 rings (SSSR count). The van der Waals surface area contributed by atoms with E-state index in [1.807, 2.05) is 11.3 Å². The summed E-state index contributed by atoms with van der Waals surface area (Å²) < 4.78 is 0. The van der Waals surface area contributed by atoms with Gasteiger partial charge in [-0.2, -0.15) is 0 Å². The van der Waals surface area contributed by atoms with Gasteiger partial charge in [-0.25, -0.2) is 9.59 Å². The minimum Gasteiger partial charge on any atom is -0.473 e. The van der Waals surface area contributed by atoms with Crippen molar-refractivity contribution < 1.29 is 24.6 Å².